The first-order valence-corrected chi connectivity index (χ1v) is 11.7. The number of fused-ring (bicyclic) bond motifs is 3. The average molecular weight is 450 g/mol. The fourth-order valence-electron chi connectivity index (χ4n) is 4.99. The van der Waals surface area contributed by atoms with E-state index < -0.39 is 5.60 Å². The third-order valence-corrected chi connectivity index (χ3v) is 6.64. The minimum absolute atomic E-state index is 0.222. The zero-order chi connectivity index (χ0) is 23.0. The van der Waals surface area contributed by atoms with Gasteiger partial charge in [-0.3, -0.25) is 0 Å². The van der Waals surface area contributed by atoms with Gasteiger partial charge < -0.3 is 25.0 Å². The van der Waals surface area contributed by atoms with Gasteiger partial charge in [-0.15, -0.1) is 6.58 Å². The van der Waals surface area contributed by atoms with Crippen LogP contribution in [0.3, 0.4) is 0 Å². The Hall–Kier alpha value is -2.97. The molecule has 2 saturated heterocycles. The Bertz CT molecular complexity index is 1040. The van der Waals surface area contributed by atoms with Crippen LogP contribution in [0.2, 0.25) is 0 Å². The van der Waals surface area contributed by atoms with Crippen LogP contribution in [0, 0.1) is 0 Å². The molecule has 0 aliphatic carbocycles. The lowest BCUT2D eigenvalue weighted by Crippen LogP contribution is -2.43. The van der Waals surface area contributed by atoms with E-state index in [9.17, 15) is 4.79 Å². The summed E-state index contributed by atoms with van der Waals surface area (Å²) in [5.74, 6) is 1.61. The summed E-state index contributed by atoms with van der Waals surface area (Å²) in [4.78, 5) is 24.2. The van der Waals surface area contributed by atoms with Crippen molar-refractivity contribution in [2.75, 3.05) is 29.9 Å². The monoisotopic (exact) mass is 449 g/mol. The van der Waals surface area contributed by atoms with Crippen molar-refractivity contribution in [1.82, 2.24) is 15.3 Å². The van der Waals surface area contributed by atoms with Crippen LogP contribution in [0.5, 0.6) is 0 Å². The molecule has 1 aromatic carbocycles. The third-order valence-electron chi connectivity index (χ3n) is 6.64. The number of anilines is 2. The van der Waals surface area contributed by atoms with Crippen molar-refractivity contribution in [1.29, 1.82) is 0 Å². The summed E-state index contributed by atoms with van der Waals surface area (Å²) in [6.45, 7) is 10.6. The first-order valence-electron chi connectivity index (χ1n) is 11.7. The zero-order valence-corrected chi connectivity index (χ0v) is 19.3. The minimum atomic E-state index is -0.519. The number of aromatic nitrogens is 2. The molecule has 33 heavy (non-hydrogen) atoms. The van der Waals surface area contributed by atoms with Crippen molar-refractivity contribution in [3.63, 3.8) is 0 Å². The van der Waals surface area contributed by atoms with Crippen molar-refractivity contribution in [2.45, 2.75) is 57.5 Å². The minimum Gasteiger partial charge on any atom is -0.371 e. The first kappa shape index (κ1) is 21.9. The van der Waals surface area contributed by atoms with E-state index in [0.29, 0.717) is 25.4 Å². The molecule has 2 fully saturated rings. The SMILES string of the molecule is C=CC[C@]1(C)OCc2c(N3C[C@H]4CC[C@@H](C3)O4)nc(-c3ccc(NC(=O)NCC)cc3)nc21. The molecule has 0 radical (unpaired) electrons. The number of carbonyl (C=O) groups excluding carboxylic acids is 1. The molecule has 0 spiro atoms. The Labute approximate surface area is 194 Å². The van der Waals surface area contributed by atoms with Crippen LogP contribution >= 0.6 is 0 Å². The smallest absolute Gasteiger partial charge is 0.319 e. The topological polar surface area (TPSA) is 88.6 Å². The van der Waals surface area contributed by atoms with Gasteiger partial charge in [0.1, 0.15) is 11.4 Å². The molecule has 1 aromatic heterocycles. The summed E-state index contributed by atoms with van der Waals surface area (Å²) in [5, 5.41) is 5.56. The summed E-state index contributed by atoms with van der Waals surface area (Å²) in [5.41, 5.74) is 3.10. The highest BCUT2D eigenvalue weighted by Gasteiger charge is 2.42. The fraction of sp³-hybridized carbons (Fsp3) is 0.480. The van der Waals surface area contributed by atoms with Gasteiger partial charge in [0.2, 0.25) is 0 Å². The maximum Gasteiger partial charge on any atom is 0.319 e. The lowest BCUT2D eigenvalue weighted by atomic mass is 9.96. The largest absolute Gasteiger partial charge is 0.371 e. The summed E-state index contributed by atoms with van der Waals surface area (Å²) in [6.07, 6.45) is 5.30. The Balaban J connectivity index is 1.51. The number of nitrogens with zero attached hydrogens (tertiary/aromatic N) is 3. The maximum absolute atomic E-state index is 11.8. The number of urea groups is 1. The molecule has 3 atom stereocenters. The van der Waals surface area contributed by atoms with Crippen LogP contribution in [0.4, 0.5) is 16.3 Å². The first-order chi connectivity index (χ1) is 16.0. The summed E-state index contributed by atoms with van der Waals surface area (Å²) in [6, 6.07) is 7.40. The summed E-state index contributed by atoms with van der Waals surface area (Å²) in [7, 11) is 0. The molecule has 2 aromatic rings. The quantitative estimate of drug-likeness (QED) is 0.649. The Morgan fingerprint density at radius 2 is 1.97 bits per heavy atom. The fourth-order valence-corrected chi connectivity index (χ4v) is 4.99. The highest BCUT2D eigenvalue weighted by molar-refractivity contribution is 5.89. The van der Waals surface area contributed by atoms with E-state index in [0.717, 1.165) is 54.3 Å². The standard InChI is InChI=1S/C25H31N5O3/c1-4-12-25(3)21-20(15-32-25)23(30-13-18-10-11-19(14-30)33-18)29-22(28-21)16-6-8-17(9-7-16)27-24(31)26-5-2/h4,6-9,18-19H,1,5,10-15H2,2-3H3,(H2,26,27,31)/t18-,19+,25-/m0/s1. The molecule has 174 valence electrons. The average Bonchev–Trinajstić information content (AvgIpc) is 3.32. The van der Waals surface area contributed by atoms with Crippen molar-refractivity contribution in [3.8, 4) is 11.4 Å². The number of amides is 2. The van der Waals surface area contributed by atoms with Crippen LogP contribution < -0.4 is 15.5 Å². The number of ether oxygens (including phenoxy) is 2. The number of nitrogens with one attached hydrogen (secondary N) is 2. The van der Waals surface area contributed by atoms with Crippen LogP contribution in [-0.4, -0.2) is 47.8 Å². The number of hydrogen-bond donors (Lipinski definition) is 2. The molecule has 2 amide bonds. The Morgan fingerprint density at radius 3 is 2.64 bits per heavy atom. The molecule has 2 bridgehead atoms. The van der Waals surface area contributed by atoms with E-state index in [2.05, 4.69) is 29.0 Å². The van der Waals surface area contributed by atoms with E-state index in [-0.39, 0.29) is 18.2 Å². The van der Waals surface area contributed by atoms with Crippen molar-refractivity contribution in [2.24, 2.45) is 0 Å². The molecule has 2 N–H and O–H groups in total. The van der Waals surface area contributed by atoms with Gasteiger partial charge in [0.15, 0.2) is 5.82 Å². The van der Waals surface area contributed by atoms with Crippen molar-refractivity contribution in [3.05, 3.63) is 48.2 Å². The molecule has 0 saturated carbocycles. The molecule has 4 heterocycles. The highest BCUT2D eigenvalue weighted by Crippen LogP contribution is 2.43. The molecule has 8 heteroatoms. The zero-order valence-electron chi connectivity index (χ0n) is 19.3. The summed E-state index contributed by atoms with van der Waals surface area (Å²) < 4.78 is 12.3. The maximum atomic E-state index is 11.8. The van der Waals surface area contributed by atoms with Gasteiger partial charge in [-0.05, 0) is 57.4 Å². The van der Waals surface area contributed by atoms with Gasteiger partial charge in [-0.25, -0.2) is 14.8 Å². The van der Waals surface area contributed by atoms with Gasteiger partial charge >= 0.3 is 6.03 Å². The number of morpholine rings is 1. The predicted molar refractivity (Wildman–Crippen MR) is 127 cm³/mol. The second-order valence-corrected chi connectivity index (χ2v) is 9.13. The third kappa shape index (κ3) is 4.20. The van der Waals surface area contributed by atoms with Crippen LogP contribution in [0.1, 0.15) is 44.4 Å². The van der Waals surface area contributed by atoms with Crippen molar-refractivity contribution >= 4 is 17.5 Å². The lowest BCUT2D eigenvalue weighted by Gasteiger charge is -2.34. The molecule has 3 aliphatic rings. The van der Waals surface area contributed by atoms with E-state index in [1.165, 1.54) is 0 Å². The molecule has 0 unspecified atom stereocenters. The van der Waals surface area contributed by atoms with E-state index >= 15 is 0 Å². The number of hydrogen-bond acceptors (Lipinski definition) is 6. The van der Waals surface area contributed by atoms with Gasteiger partial charge in [0.25, 0.3) is 0 Å². The van der Waals surface area contributed by atoms with E-state index in [4.69, 9.17) is 19.4 Å². The van der Waals surface area contributed by atoms with Gasteiger partial charge in [-0.1, -0.05) is 6.08 Å². The van der Waals surface area contributed by atoms with Crippen LogP contribution in [0.15, 0.2) is 36.9 Å². The second-order valence-electron chi connectivity index (χ2n) is 9.13. The van der Waals surface area contributed by atoms with Crippen molar-refractivity contribution < 1.29 is 14.3 Å². The predicted octanol–water partition coefficient (Wildman–Crippen LogP) is 3.97. The van der Waals surface area contributed by atoms with Crippen LogP contribution in [-0.2, 0) is 21.7 Å². The molecule has 8 nitrogen and oxygen atoms in total. The Morgan fingerprint density at radius 1 is 1.24 bits per heavy atom. The highest BCUT2D eigenvalue weighted by atomic mass is 16.5. The second kappa shape index (κ2) is 8.76. The van der Waals surface area contributed by atoms with Gasteiger partial charge in [0.05, 0.1) is 24.5 Å². The molecule has 5 rings (SSSR count). The molecular weight excluding hydrogens is 418 g/mol. The van der Waals surface area contributed by atoms with Gasteiger partial charge in [0, 0.05) is 36.4 Å². The van der Waals surface area contributed by atoms with E-state index in [1.54, 1.807) is 0 Å². The van der Waals surface area contributed by atoms with Gasteiger partial charge in [-0.2, -0.15) is 0 Å². The Kier molecular flexibility index (Phi) is 5.80. The molecule has 3 aliphatic heterocycles. The summed E-state index contributed by atoms with van der Waals surface area (Å²) >= 11 is 0. The van der Waals surface area contributed by atoms with E-state index in [1.807, 2.05) is 37.3 Å². The number of rotatable bonds is 6. The van der Waals surface area contributed by atoms with Crippen LogP contribution in [0.25, 0.3) is 11.4 Å². The lowest BCUT2D eigenvalue weighted by molar-refractivity contribution is -0.0229. The number of carbonyl (C=O) groups is 1. The normalized spacial score (nSPS) is 25.6. The molecular formula is C25H31N5O3. The number of benzene rings is 1.